The second kappa shape index (κ2) is 4.25. The Morgan fingerprint density at radius 3 is 2.75 bits per heavy atom. The quantitative estimate of drug-likeness (QED) is 0.706. The van der Waals surface area contributed by atoms with Gasteiger partial charge in [-0.3, -0.25) is 4.98 Å². The van der Waals surface area contributed by atoms with Gasteiger partial charge in [0.2, 0.25) is 5.28 Å². The van der Waals surface area contributed by atoms with Gasteiger partial charge in [0.15, 0.2) is 0 Å². The van der Waals surface area contributed by atoms with Crippen LogP contribution in [0.15, 0.2) is 24.5 Å². The molecule has 5 heteroatoms. The fraction of sp³-hybridized carbons (Fsp3) is 0.0909. The Morgan fingerprint density at radius 2 is 2.06 bits per heavy atom. The molecule has 0 unspecified atom stereocenters. The summed E-state index contributed by atoms with van der Waals surface area (Å²) in [5, 5.41) is 8.96. The van der Waals surface area contributed by atoms with Crippen LogP contribution in [0.2, 0.25) is 5.28 Å². The fourth-order valence-electron chi connectivity index (χ4n) is 1.32. The molecule has 0 saturated heterocycles. The SMILES string of the molecule is Cc1cc(-c2cncc(C#N)c2)nc(Cl)n1. The molecule has 2 aromatic heterocycles. The monoisotopic (exact) mass is 230 g/mol. The first-order chi connectivity index (χ1) is 7.69. The lowest BCUT2D eigenvalue weighted by atomic mass is 10.1. The van der Waals surface area contributed by atoms with Gasteiger partial charge in [-0.05, 0) is 30.7 Å². The molecule has 0 atom stereocenters. The van der Waals surface area contributed by atoms with Crippen molar-refractivity contribution >= 4 is 11.6 Å². The highest BCUT2D eigenvalue weighted by Gasteiger charge is 2.04. The van der Waals surface area contributed by atoms with Gasteiger partial charge < -0.3 is 0 Å². The summed E-state index contributed by atoms with van der Waals surface area (Å²) in [6.07, 6.45) is 3.14. The summed E-state index contributed by atoms with van der Waals surface area (Å²) >= 11 is 5.77. The average Bonchev–Trinajstić information content (AvgIpc) is 2.28. The highest BCUT2D eigenvalue weighted by atomic mass is 35.5. The summed E-state index contributed by atoms with van der Waals surface area (Å²) in [6, 6.07) is 5.54. The van der Waals surface area contributed by atoms with Crippen molar-refractivity contribution in [3.05, 3.63) is 41.1 Å². The van der Waals surface area contributed by atoms with Gasteiger partial charge in [-0.15, -0.1) is 0 Å². The number of nitrogens with zero attached hydrogens (tertiary/aromatic N) is 4. The maximum absolute atomic E-state index is 8.77. The zero-order valence-electron chi connectivity index (χ0n) is 8.48. The lowest BCUT2D eigenvalue weighted by Gasteiger charge is -2.02. The summed E-state index contributed by atoms with van der Waals surface area (Å²) in [5.74, 6) is 0. The first kappa shape index (κ1) is 10.5. The van der Waals surface area contributed by atoms with Gasteiger partial charge >= 0.3 is 0 Å². The van der Waals surface area contributed by atoms with Crippen LogP contribution < -0.4 is 0 Å². The van der Waals surface area contributed by atoms with Crippen LogP contribution in [0.25, 0.3) is 11.3 Å². The summed E-state index contributed by atoms with van der Waals surface area (Å²) < 4.78 is 0. The van der Waals surface area contributed by atoms with Crippen LogP contribution in [0.1, 0.15) is 11.3 Å². The lowest BCUT2D eigenvalue weighted by molar-refractivity contribution is 1.10. The topological polar surface area (TPSA) is 62.5 Å². The second-order valence-electron chi connectivity index (χ2n) is 3.24. The van der Waals surface area contributed by atoms with Gasteiger partial charge in [-0.1, -0.05) is 0 Å². The number of halogens is 1. The zero-order chi connectivity index (χ0) is 11.5. The van der Waals surface area contributed by atoms with Gasteiger partial charge in [0.25, 0.3) is 0 Å². The predicted molar refractivity (Wildman–Crippen MR) is 59.7 cm³/mol. The lowest BCUT2D eigenvalue weighted by Crippen LogP contribution is -1.91. The van der Waals surface area contributed by atoms with Gasteiger partial charge in [0, 0.05) is 23.7 Å². The van der Waals surface area contributed by atoms with Crippen LogP contribution in [0.4, 0.5) is 0 Å². The molecule has 2 heterocycles. The summed E-state index contributed by atoms with van der Waals surface area (Å²) in [6.45, 7) is 1.83. The van der Waals surface area contributed by atoms with E-state index in [0.717, 1.165) is 11.3 Å². The highest BCUT2D eigenvalue weighted by Crippen LogP contribution is 2.19. The molecule has 0 amide bonds. The third-order valence-electron chi connectivity index (χ3n) is 1.99. The van der Waals surface area contributed by atoms with Crippen molar-refractivity contribution < 1.29 is 0 Å². The second-order valence-corrected chi connectivity index (χ2v) is 3.58. The van der Waals surface area contributed by atoms with Crippen molar-refractivity contribution in [1.29, 1.82) is 5.26 Å². The molecule has 0 bridgehead atoms. The number of nitriles is 1. The van der Waals surface area contributed by atoms with Crippen molar-refractivity contribution in [1.82, 2.24) is 15.0 Å². The summed E-state index contributed by atoms with van der Waals surface area (Å²) in [4.78, 5) is 12.0. The van der Waals surface area contributed by atoms with Crippen LogP contribution in [0.3, 0.4) is 0 Å². The molecular weight excluding hydrogens is 224 g/mol. The Labute approximate surface area is 97.6 Å². The van der Waals surface area contributed by atoms with Crippen LogP contribution in [-0.4, -0.2) is 15.0 Å². The van der Waals surface area contributed by atoms with E-state index in [4.69, 9.17) is 16.9 Å². The number of hydrogen-bond donors (Lipinski definition) is 0. The minimum Gasteiger partial charge on any atom is -0.263 e. The van der Waals surface area contributed by atoms with Crippen molar-refractivity contribution in [3.8, 4) is 17.3 Å². The number of aryl methyl sites for hydroxylation is 1. The van der Waals surface area contributed by atoms with E-state index >= 15 is 0 Å². The third-order valence-corrected chi connectivity index (χ3v) is 2.16. The predicted octanol–water partition coefficient (Wildman–Crippen LogP) is 2.37. The smallest absolute Gasteiger partial charge is 0.223 e. The van der Waals surface area contributed by atoms with E-state index in [0.29, 0.717) is 11.3 Å². The van der Waals surface area contributed by atoms with Gasteiger partial charge in [0.1, 0.15) is 6.07 Å². The Balaban J connectivity index is 2.54. The number of pyridine rings is 1. The molecule has 0 aromatic carbocycles. The first-order valence-corrected chi connectivity index (χ1v) is 4.93. The largest absolute Gasteiger partial charge is 0.263 e. The number of rotatable bonds is 1. The van der Waals surface area contributed by atoms with Crippen molar-refractivity contribution in [2.24, 2.45) is 0 Å². The third kappa shape index (κ3) is 2.15. The number of aromatic nitrogens is 3. The molecule has 4 nitrogen and oxygen atoms in total. The van der Waals surface area contributed by atoms with E-state index in [-0.39, 0.29) is 5.28 Å². The van der Waals surface area contributed by atoms with E-state index < -0.39 is 0 Å². The maximum atomic E-state index is 8.77. The molecule has 0 aliphatic rings. The average molecular weight is 231 g/mol. The van der Waals surface area contributed by atoms with E-state index in [1.165, 1.54) is 6.20 Å². The minimum atomic E-state index is 0.192. The van der Waals surface area contributed by atoms with Crippen LogP contribution in [-0.2, 0) is 0 Å². The summed E-state index contributed by atoms with van der Waals surface area (Å²) in [5.41, 5.74) is 2.69. The van der Waals surface area contributed by atoms with Crippen LogP contribution in [0.5, 0.6) is 0 Å². The molecule has 16 heavy (non-hydrogen) atoms. The molecule has 78 valence electrons. The van der Waals surface area contributed by atoms with E-state index in [1.807, 2.05) is 13.0 Å². The number of hydrogen-bond acceptors (Lipinski definition) is 4. The molecule has 0 N–H and O–H groups in total. The Hall–Kier alpha value is -1.99. The van der Waals surface area contributed by atoms with E-state index in [1.54, 1.807) is 18.3 Å². The van der Waals surface area contributed by atoms with Gasteiger partial charge in [-0.2, -0.15) is 5.26 Å². The highest BCUT2D eigenvalue weighted by molar-refractivity contribution is 6.28. The van der Waals surface area contributed by atoms with E-state index in [2.05, 4.69) is 15.0 Å². The Morgan fingerprint density at radius 1 is 1.25 bits per heavy atom. The zero-order valence-corrected chi connectivity index (χ0v) is 9.23. The summed E-state index contributed by atoms with van der Waals surface area (Å²) in [7, 11) is 0. The van der Waals surface area contributed by atoms with Gasteiger partial charge in [-0.25, -0.2) is 9.97 Å². The Kier molecular flexibility index (Phi) is 2.80. The molecule has 2 aromatic rings. The van der Waals surface area contributed by atoms with Crippen LogP contribution >= 0.6 is 11.6 Å². The Bertz CT molecular complexity index is 554. The molecule has 0 saturated carbocycles. The fourth-order valence-corrected chi connectivity index (χ4v) is 1.55. The van der Waals surface area contributed by atoms with E-state index in [9.17, 15) is 0 Å². The maximum Gasteiger partial charge on any atom is 0.223 e. The van der Waals surface area contributed by atoms with Crippen molar-refractivity contribution in [2.75, 3.05) is 0 Å². The molecule has 0 fully saturated rings. The molecule has 0 spiro atoms. The molecule has 0 aliphatic carbocycles. The van der Waals surface area contributed by atoms with Crippen molar-refractivity contribution in [2.45, 2.75) is 6.92 Å². The molecule has 0 radical (unpaired) electrons. The molecular formula is C11H7ClN4. The standard InChI is InChI=1S/C11H7ClN4/c1-7-2-10(16-11(12)15-7)9-3-8(4-13)5-14-6-9/h2-3,5-6H,1H3. The molecule has 0 aliphatic heterocycles. The van der Waals surface area contributed by atoms with Gasteiger partial charge in [0.05, 0.1) is 11.3 Å². The normalized spacial score (nSPS) is 9.81. The first-order valence-electron chi connectivity index (χ1n) is 4.56. The minimum absolute atomic E-state index is 0.192. The van der Waals surface area contributed by atoms with Crippen LogP contribution in [0, 0.1) is 18.3 Å². The van der Waals surface area contributed by atoms with Crippen molar-refractivity contribution in [3.63, 3.8) is 0 Å². The molecule has 2 rings (SSSR count).